The molecule has 0 aromatic rings. The lowest BCUT2D eigenvalue weighted by atomic mass is 10.5. The van der Waals surface area contributed by atoms with Crippen molar-refractivity contribution in [1.29, 1.82) is 0 Å². The third-order valence-corrected chi connectivity index (χ3v) is 1.36. The van der Waals surface area contributed by atoms with Gasteiger partial charge in [0.2, 0.25) is 10.6 Å². The first kappa shape index (κ1) is 13.4. The fraction of sp³-hybridized carbons (Fsp3) is 1.00. The Kier molecular flexibility index (Phi) is 6.02. The fourth-order valence-electron chi connectivity index (χ4n) is 0.821. The van der Waals surface area contributed by atoms with E-state index in [-0.39, 0.29) is 16.3 Å². The van der Waals surface area contributed by atoms with Crippen LogP contribution in [-0.2, 0) is 9.68 Å². The molecular weight excluding hydrogens is 206 g/mol. The first-order valence-corrected chi connectivity index (χ1v) is 4.08. The van der Waals surface area contributed by atoms with Gasteiger partial charge in [0.05, 0.1) is 0 Å². The first-order chi connectivity index (χ1) is 7.02. The van der Waals surface area contributed by atoms with Gasteiger partial charge in [-0.1, -0.05) is 0 Å². The van der Waals surface area contributed by atoms with Crippen molar-refractivity contribution in [1.82, 2.24) is 4.90 Å². The minimum atomic E-state index is -1.15. The third-order valence-electron chi connectivity index (χ3n) is 1.36. The zero-order valence-corrected chi connectivity index (χ0v) is 9.15. The van der Waals surface area contributed by atoms with Crippen molar-refractivity contribution in [3.8, 4) is 0 Å². The smallest absolute Gasteiger partial charge is 0.428 e. The summed E-state index contributed by atoms with van der Waals surface area (Å²) in [4.78, 5) is 10.4. The Labute approximate surface area is 87.3 Å². The Morgan fingerprint density at radius 2 is 1.53 bits per heavy atom. The Hall–Kier alpha value is -1.64. The van der Waals surface area contributed by atoms with Gasteiger partial charge in [-0.05, 0) is 14.1 Å². The second kappa shape index (κ2) is 6.76. The van der Waals surface area contributed by atoms with Crippen molar-refractivity contribution >= 4 is 0 Å². The SMILES string of the molecule is CO/N=[N+](\[O-])C(CN(C)C)/[N+]([O-])=N\OC. The molecule has 0 heterocycles. The average molecular weight is 221 g/mol. The minimum Gasteiger partial charge on any atom is -0.592 e. The molecule has 0 aliphatic rings. The molecule has 1 atom stereocenters. The molecule has 0 aliphatic carbocycles. The Morgan fingerprint density at radius 3 is 1.80 bits per heavy atom. The van der Waals surface area contributed by atoms with Crippen LogP contribution in [-0.4, -0.2) is 55.6 Å². The summed E-state index contributed by atoms with van der Waals surface area (Å²) in [5.41, 5.74) is 0. The number of nitrogens with zero attached hydrogens (tertiary/aromatic N) is 5. The van der Waals surface area contributed by atoms with Crippen LogP contribution in [0.3, 0.4) is 0 Å². The van der Waals surface area contributed by atoms with Crippen molar-refractivity contribution in [2.45, 2.75) is 6.17 Å². The second-order valence-electron chi connectivity index (χ2n) is 2.88. The summed E-state index contributed by atoms with van der Waals surface area (Å²) in [5.74, 6) is 0. The van der Waals surface area contributed by atoms with E-state index < -0.39 is 6.17 Å². The molecule has 0 bridgehead atoms. The standard InChI is InChI=1S/C6H15N5O4/c1-9(2)5-6(10(12)7-14-3)11(13)8-15-4/h6H,5H2,1-4H3/b10-7-,11-8+. The van der Waals surface area contributed by atoms with Gasteiger partial charge in [-0.2, -0.15) is 0 Å². The maximum Gasteiger partial charge on any atom is 0.428 e. The highest BCUT2D eigenvalue weighted by atomic mass is 16.7. The highest BCUT2D eigenvalue weighted by Crippen LogP contribution is 1.98. The zero-order valence-electron chi connectivity index (χ0n) is 9.15. The molecule has 0 fully saturated rings. The van der Waals surface area contributed by atoms with Gasteiger partial charge in [-0.25, -0.2) is 0 Å². The van der Waals surface area contributed by atoms with E-state index in [2.05, 4.69) is 20.2 Å². The molecule has 0 aromatic heterocycles. The molecule has 0 spiro atoms. The molecule has 0 saturated carbocycles. The van der Waals surface area contributed by atoms with Gasteiger partial charge in [-0.3, -0.25) is 4.90 Å². The first-order valence-electron chi connectivity index (χ1n) is 4.08. The third kappa shape index (κ3) is 4.96. The summed E-state index contributed by atoms with van der Waals surface area (Å²) in [6.07, 6.45) is -1.15. The van der Waals surface area contributed by atoms with Gasteiger partial charge in [0.1, 0.15) is 20.8 Å². The van der Waals surface area contributed by atoms with Crippen LogP contribution in [0.1, 0.15) is 0 Å². The van der Waals surface area contributed by atoms with Crippen LogP contribution >= 0.6 is 0 Å². The molecule has 1 unspecified atom stereocenters. The van der Waals surface area contributed by atoms with Gasteiger partial charge < -0.3 is 20.1 Å². The number of hydrogen-bond donors (Lipinski definition) is 0. The van der Waals surface area contributed by atoms with Gasteiger partial charge in [0.15, 0.2) is 0 Å². The van der Waals surface area contributed by atoms with E-state index in [9.17, 15) is 10.4 Å². The molecule has 0 N–H and O–H groups in total. The van der Waals surface area contributed by atoms with Crippen LogP contribution in [0.4, 0.5) is 0 Å². The van der Waals surface area contributed by atoms with Crippen LogP contribution in [0.15, 0.2) is 10.6 Å². The van der Waals surface area contributed by atoms with E-state index in [4.69, 9.17) is 0 Å². The van der Waals surface area contributed by atoms with E-state index in [1.165, 1.54) is 14.2 Å². The number of hydrogen-bond acceptors (Lipinski definition) is 7. The predicted molar refractivity (Wildman–Crippen MR) is 48.5 cm³/mol. The molecule has 0 aromatic carbocycles. The Morgan fingerprint density at radius 1 is 1.13 bits per heavy atom. The summed E-state index contributed by atoms with van der Waals surface area (Å²) in [5, 5.41) is 28.6. The molecule has 15 heavy (non-hydrogen) atoms. The fourth-order valence-corrected chi connectivity index (χ4v) is 0.821. The van der Waals surface area contributed by atoms with Crippen molar-refractivity contribution in [2.24, 2.45) is 10.6 Å². The summed E-state index contributed by atoms with van der Waals surface area (Å²) in [6, 6.07) is 0. The van der Waals surface area contributed by atoms with Gasteiger partial charge in [-0.15, -0.1) is 0 Å². The van der Waals surface area contributed by atoms with Gasteiger partial charge in [0.25, 0.3) is 0 Å². The molecule has 0 rings (SSSR count). The van der Waals surface area contributed by atoms with Crippen molar-refractivity contribution in [2.75, 3.05) is 34.9 Å². The van der Waals surface area contributed by atoms with Crippen LogP contribution in [0.5, 0.6) is 0 Å². The van der Waals surface area contributed by atoms with Gasteiger partial charge in [0, 0.05) is 9.72 Å². The van der Waals surface area contributed by atoms with Crippen LogP contribution in [0.25, 0.3) is 0 Å². The number of likely N-dealkylation sites (N-methyl/N-ethyl adjacent to an activating group) is 1. The monoisotopic (exact) mass is 221 g/mol. The molecule has 0 radical (unpaired) electrons. The molecule has 0 saturated heterocycles. The Balaban J connectivity index is 4.72. The summed E-state index contributed by atoms with van der Waals surface area (Å²) < 4.78 is 0. The van der Waals surface area contributed by atoms with Crippen molar-refractivity contribution < 1.29 is 19.4 Å². The highest BCUT2D eigenvalue weighted by Gasteiger charge is 2.30. The highest BCUT2D eigenvalue weighted by molar-refractivity contribution is 4.44. The summed E-state index contributed by atoms with van der Waals surface area (Å²) >= 11 is 0. The topological polar surface area (TPSA) is 98.6 Å². The maximum atomic E-state index is 11.2. The van der Waals surface area contributed by atoms with Crippen LogP contribution in [0, 0.1) is 10.4 Å². The van der Waals surface area contributed by atoms with Crippen LogP contribution in [0.2, 0.25) is 0 Å². The van der Waals surface area contributed by atoms with E-state index in [1.807, 2.05) is 0 Å². The summed E-state index contributed by atoms with van der Waals surface area (Å²) in [7, 11) is 5.82. The molecule has 9 nitrogen and oxygen atoms in total. The largest absolute Gasteiger partial charge is 0.592 e. The second-order valence-corrected chi connectivity index (χ2v) is 2.88. The molecular formula is C6H15N5O4. The molecule has 9 heteroatoms. The van der Waals surface area contributed by atoms with Gasteiger partial charge >= 0.3 is 6.17 Å². The van der Waals surface area contributed by atoms with E-state index in [1.54, 1.807) is 19.0 Å². The predicted octanol–water partition coefficient (Wildman–Crippen LogP) is -0.0781. The normalized spacial score (nSPS) is 15.3. The van der Waals surface area contributed by atoms with Crippen molar-refractivity contribution in [3.63, 3.8) is 0 Å². The van der Waals surface area contributed by atoms with Crippen molar-refractivity contribution in [3.05, 3.63) is 10.4 Å². The lowest BCUT2D eigenvalue weighted by molar-refractivity contribution is -0.796. The maximum absolute atomic E-state index is 11.2. The molecule has 88 valence electrons. The lowest BCUT2D eigenvalue weighted by Crippen LogP contribution is -2.39. The average Bonchev–Trinajstić information content (AvgIpc) is 2.14. The Bertz CT molecular complexity index is 222. The van der Waals surface area contributed by atoms with E-state index in [0.717, 1.165) is 0 Å². The minimum absolute atomic E-state index is 0.121. The van der Waals surface area contributed by atoms with E-state index in [0.29, 0.717) is 0 Å². The lowest BCUT2D eigenvalue weighted by Gasteiger charge is -2.13. The van der Waals surface area contributed by atoms with Crippen LogP contribution < -0.4 is 0 Å². The summed E-state index contributed by atoms with van der Waals surface area (Å²) in [6.45, 7) is 0.132. The number of hydroxylamine groups is 2. The quantitative estimate of drug-likeness (QED) is 0.270. The molecule has 0 amide bonds. The zero-order chi connectivity index (χ0) is 11.8. The number of rotatable bonds is 6. The van der Waals surface area contributed by atoms with E-state index >= 15 is 0 Å². The molecule has 0 aliphatic heterocycles.